The van der Waals surface area contributed by atoms with Gasteiger partial charge in [0, 0.05) is 41.0 Å². The third-order valence-electron chi connectivity index (χ3n) is 9.05. The minimum absolute atomic E-state index is 0. The van der Waals surface area contributed by atoms with Crippen molar-refractivity contribution < 1.29 is 39.7 Å². The Bertz CT molecular complexity index is 2670. The second-order valence-corrected chi connectivity index (χ2v) is 12.6. The summed E-state index contributed by atoms with van der Waals surface area (Å²) in [5.74, 6) is 2.40. The summed E-state index contributed by atoms with van der Waals surface area (Å²) in [7, 11) is 0. The van der Waals surface area contributed by atoms with Crippen LogP contribution in [0, 0.1) is 17.9 Å². The van der Waals surface area contributed by atoms with E-state index >= 15 is 0 Å². The molecule has 0 unspecified atom stereocenters. The molecule has 0 atom stereocenters. The molecule has 0 amide bonds. The standard InChI is InChI=1S/C46H31FN4O3.Pt/c47-35-23-24-48-45(25-35)51-41-18-8-7-17-39(41)40-22-21-38(27-42(40)51)54-37-16-9-15-36(26-37)50-29-34(28-49-50)46-43(52-30-32-11-3-1-4-12-32)19-10-20-44(46)53-31-33-13-5-2-6-14-33;/h1-25,28-29H,30-31H2;/q-2;+2. The van der Waals surface area contributed by atoms with Gasteiger partial charge in [0.05, 0.1) is 11.8 Å². The van der Waals surface area contributed by atoms with Gasteiger partial charge < -0.3 is 18.8 Å². The first-order valence-corrected chi connectivity index (χ1v) is 17.5. The summed E-state index contributed by atoms with van der Waals surface area (Å²) in [5, 5.41) is 6.67. The molecule has 7 nitrogen and oxygen atoms in total. The molecule has 0 N–H and O–H groups in total. The van der Waals surface area contributed by atoms with E-state index in [1.165, 1.54) is 18.3 Å². The van der Waals surface area contributed by atoms with Gasteiger partial charge in [-0.15, -0.1) is 35.7 Å². The predicted molar refractivity (Wildman–Crippen MR) is 207 cm³/mol. The van der Waals surface area contributed by atoms with E-state index < -0.39 is 0 Å². The van der Waals surface area contributed by atoms with Crippen molar-refractivity contribution >= 4 is 21.8 Å². The van der Waals surface area contributed by atoms with Gasteiger partial charge in [-0.1, -0.05) is 90.4 Å². The van der Waals surface area contributed by atoms with Gasteiger partial charge in [-0.25, -0.2) is 9.37 Å². The van der Waals surface area contributed by atoms with Gasteiger partial charge in [0.1, 0.15) is 36.3 Å². The Morgan fingerprint density at radius 1 is 0.636 bits per heavy atom. The minimum Gasteiger partial charge on any atom is -0.509 e. The summed E-state index contributed by atoms with van der Waals surface area (Å²) in [6, 6.07) is 52.9. The molecule has 3 heterocycles. The molecule has 0 aliphatic carbocycles. The predicted octanol–water partition coefficient (Wildman–Crippen LogP) is 10.7. The molecule has 6 aromatic carbocycles. The summed E-state index contributed by atoms with van der Waals surface area (Å²) < 4.78 is 37.1. The molecule has 55 heavy (non-hydrogen) atoms. The molecule has 9 rings (SSSR count). The summed E-state index contributed by atoms with van der Waals surface area (Å²) in [6.45, 7) is 0.805. The molecule has 0 saturated heterocycles. The molecule has 0 bridgehead atoms. The average Bonchev–Trinajstić information content (AvgIpc) is 3.83. The number of rotatable bonds is 11. The van der Waals surface area contributed by atoms with Crippen LogP contribution in [0.5, 0.6) is 23.0 Å². The molecule has 0 saturated carbocycles. The van der Waals surface area contributed by atoms with Gasteiger partial charge >= 0.3 is 21.1 Å². The minimum atomic E-state index is -0.370. The van der Waals surface area contributed by atoms with Crippen LogP contribution in [0.4, 0.5) is 4.39 Å². The van der Waals surface area contributed by atoms with Crippen molar-refractivity contribution in [1.29, 1.82) is 0 Å². The van der Waals surface area contributed by atoms with Gasteiger partial charge in [-0.2, -0.15) is 17.2 Å². The van der Waals surface area contributed by atoms with Crippen LogP contribution in [0.2, 0.25) is 0 Å². The van der Waals surface area contributed by atoms with E-state index in [1.807, 2.05) is 144 Å². The molecule has 9 heteroatoms. The van der Waals surface area contributed by atoms with Crippen molar-refractivity contribution in [3.05, 3.63) is 193 Å². The smallest absolute Gasteiger partial charge is 0.509 e. The Labute approximate surface area is 331 Å². The summed E-state index contributed by atoms with van der Waals surface area (Å²) in [4.78, 5) is 4.45. The number of halogens is 1. The number of benzene rings is 6. The summed E-state index contributed by atoms with van der Waals surface area (Å²) >= 11 is 0. The Morgan fingerprint density at radius 3 is 2.04 bits per heavy atom. The van der Waals surface area contributed by atoms with Crippen molar-refractivity contribution in [1.82, 2.24) is 19.3 Å². The van der Waals surface area contributed by atoms with Crippen LogP contribution in [0.15, 0.2) is 164 Å². The second-order valence-electron chi connectivity index (χ2n) is 12.6. The van der Waals surface area contributed by atoms with Crippen LogP contribution in [0.25, 0.3) is 44.4 Å². The number of hydrogen-bond donors (Lipinski definition) is 0. The van der Waals surface area contributed by atoms with E-state index in [4.69, 9.17) is 19.3 Å². The maximum absolute atomic E-state index is 14.3. The molecule has 0 radical (unpaired) electrons. The molecule has 0 aliphatic rings. The number of para-hydroxylation sites is 1. The monoisotopic (exact) mass is 901 g/mol. The fourth-order valence-electron chi connectivity index (χ4n) is 6.53. The third-order valence-corrected chi connectivity index (χ3v) is 9.05. The van der Waals surface area contributed by atoms with Gasteiger partial charge in [0.25, 0.3) is 0 Å². The Kier molecular flexibility index (Phi) is 10.2. The number of aromatic nitrogens is 4. The van der Waals surface area contributed by atoms with E-state index in [0.29, 0.717) is 47.7 Å². The number of pyridine rings is 1. The zero-order valence-electron chi connectivity index (χ0n) is 29.2. The van der Waals surface area contributed by atoms with Crippen LogP contribution >= 0.6 is 0 Å². The SMILES string of the molecule is Fc1ccnc(-n2c3[c-]c(Oc4[c-]c(-n5cc(-c6c(OCc7ccccc7)cccc6OCc6ccccc6)cn5)ccc4)ccc3c3ccccc32)c1.[Pt+2]. The van der Waals surface area contributed by atoms with E-state index in [0.717, 1.165) is 44.1 Å². The molecular weight excluding hydrogens is 871 g/mol. The molecule has 270 valence electrons. The second kappa shape index (κ2) is 15.8. The summed E-state index contributed by atoms with van der Waals surface area (Å²) in [5.41, 5.74) is 6.02. The first-order valence-electron chi connectivity index (χ1n) is 17.5. The average molecular weight is 902 g/mol. The first kappa shape index (κ1) is 35.5. The fraction of sp³-hybridized carbons (Fsp3) is 0.0435. The van der Waals surface area contributed by atoms with Crippen LogP contribution in [-0.2, 0) is 34.3 Å². The quantitative estimate of drug-likeness (QED) is 0.121. The Hall–Kier alpha value is -6.50. The van der Waals surface area contributed by atoms with Crippen molar-refractivity contribution in [3.63, 3.8) is 0 Å². The van der Waals surface area contributed by atoms with Gasteiger partial charge in [0.2, 0.25) is 0 Å². The number of nitrogens with zero attached hydrogens (tertiary/aromatic N) is 4. The Morgan fingerprint density at radius 2 is 1.31 bits per heavy atom. The Balaban J connectivity index is 0.00000427. The molecule has 0 fully saturated rings. The van der Waals surface area contributed by atoms with E-state index in [1.54, 1.807) is 10.9 Å². The van der Waals surface area contributed by atoms with E-state index in [9.17, 15) is 4.39 Å². The molecule has 0 spiro atoms. The van der Waals surface area contributed by atoms with Gasteiger partial charge in [0.15, 0.2) is 0 Å². The largest absolute Gasteiger partial charge is 2.00 e. The van der Waals surface area contributed by atoms with E-state index in [2.05, 4.69) is 17.1 Å². The van der Waals surface area contributed by atoms with Gasteiger partial charge in [-0.05, 0) is 46.5 Å². The first-order chi connectivity index (χ1) is 26.7. The van der Waals surface area contributed by atoms with Crippen LogP contribution in [0.1, 0.15) is 11.1 Å². The van der Waals surface area contributed by atoms with Crippen molar-refractivity contribution in [2.24, 2.45) is 0 Å². The van der Waals surface area contributed by atoms with Crippen molar-refractivity contribution in [2.45, 2.75) is 13.2 Å². The fourth-order valence-corrected chi connectivity index (χ4v) is 6.53. The zero-order chi connectivity index (χ0) is 36.3. The molecule has 0 aliphatic heterocycles. The van der Waals surface area contributed by atoms with Gasteiger partial charge in [-0.3, -0.25) is 4.68 Å². The topological polar surface area (TPSA) is 63.3 Å². The third kappa shape index (κ3) is 7.50. The number of hydrogen-bond acceptors (Lipinski definition) is 5. The van der Waals surface area contributed by atoms with Crippen LogP contribution in [-0.4, -0.2) is 19.3 Å². The molecular formula is C46H31FN4O3Pt. The maximum atomic E-state index is 14.3. The zero-order valence-corrected chi connectivity index (χ0v) is 31.5. The molecule has 9 aromatic rings. The van der Waals surface area contributed by atoms with Crippen molar-refractivity contribution in [3.8, 4) is 45.6 Å². The maximum Gasteiger partial charge on any atom is 2.00 e. The normalized spacial score (nSPS) is 11.0. The number of fused-ring (bicyclic) bond motifs is 3. The molecule has 3 aromatic heterocycles. The van der Waals surface area contributed by atoms with Crippen LogP contribution in [0.3, 0.4) is 0 Å². The summed E-state index contributed by atoms with van der Waals surface area (Å²) in [6.07, 6.45) is 5.18. The van der Waals surface area contributed by atoms with Crippen LogP contribution < -0.4 is 14.2 Å². The number of ether oxygens (including phenoxy) is 3. The van der Waals surface area contributed by atoms with Crippen molar-refractivity contribution in [2.75, 3.05) is 0 Å². The van der Waals surface area contributed by atoms with E-state index in [-0.39, 0.29) is 26.9 Å².